The van der Waals surface area contributed by atoms with Crippen molar-refractivity contribution in [2.75, 3.05) is 5.73 Å². The lowest BCUT2D eigenvalue weighted by atomic mass is 10.4. The molecule has 2 heterocycles. The third kappa shape index (κ3) is 2.38. The van der Waals surface area contributed by atoms with Crippen LogP contribution in [-0.4, -0.2) is 15.0 Å². The number of halogens is 1. The molecule has 2 aromatic heterocycles. The van der Waals surface area contributed by atoms with Crippen molar-refractivity contribution < 1.29 is 4.74 Å². The first-order valence-electron chi connectivity index (χ1n) is 4.53. The molecule has 0 amide bonds. The van der Waals surface area contributed by atoms with E-state index in [4.69, 9.17) is 22.1 Å². The van der Waals surface area contributed by atoms with Gasteiger partial charge in [0.1, 0.15) is 10.8 Å². The summed E-state index contributed by atoms with van der Waals surface area (Å²) >= 11 is 5.85. The number of aryl methyl sites for hydroxylation is 1. The molecule has 5 nitrogen and oxygen atoms in total. The highest BCUT2D eigenvalue weighted by atomic mass is 35.5. The van der Waals surface area contributed by atoms with E-state index in [0.29, 0.717) is 10.8 Å². The van der Waals surface area contributed by atoms with Crippen molar-refractivity contribution in [3.63, 3.8) is 0 Å². The molecule has 0 aliphatic rings. The Kier molecular flexibility index (Phi) is 2.87. The summed E-state index contributed by atoms with van der Waals surface area (Å²) in [6.45, 7) is 1.89. The average molecular weight is 237 g/mol. The summed E-state index contributed by atoms with van der Waals surface area (Å²) in [5.41, 5.74) is 6.33. The monoisotopic (exact) mass is 236 g/mol. The minimum absolute atomic E-state index is 0.111. The summed E-state index contributed by atoms with van der Waals surface area (Å²) in [5.74, 6) is 0.880. The number of nitrogen functional groups attached to an aromatic ring is 1. The van der Waals surface area contributed by atoms with Crippen LogP contribution >= 0.6 is 11.6 Å². The van der Waals surface area contributed by atoms with E-state index in [1.165, 1.54) is 6.20 Å². The highest BCUT2D eigenvalue weighted by molar-refractivity contribution is 6.31. The van der Waals surface area contributed by atoms with Crippen LogP contribution in [0.2, 0.25) is 5.02 Å². The van der Waals surface area contributed by atoms with Crippen LogP contribution in [-0.2, 0) is 0 Å². The van der Waals surface area contributed by atoms with Crippen LogP contribution in [0.1, 0.15) is 5.69 Å². The molecule has 0 aromatic carbocycles. The molecule has 0 atom stereocenters. The fraction of sp³-hybridized carbons (Fsp3) is 0.100. The zero-order valence-electron chi connectivity index (χ0n) is 8.51. The lowest BCUT2D eigenvalue weighted by Crippen LogP contribution is -1.97. The quantitative estimate of drug-likeness (QED) is 0.865. The Balaban J connectivity index is 2.26. The van der Waals surface area contributed by atoms with E-state index in [0.717, 1.165) is 5.69 Å². The molecule has 0 aliphatic carbocycles. The molecular weight excluding hydrogens is 228 g/mol. The molecule has 0 aliphatic heterocycles. The van der Waals surface area contributed by atoms with Gasteiger partial charge in [0.2, 0.25) is 11.8 Å². The largest absolute Gasteiger partial charge is 0.436 e. The Labute approximate surface area is 97.3 Å². The van der Waals surface area contributed by atoms with E-state index in [2.05, 4.69) is 15.0 Å². The van der Waals surface area contributed by atoms with Gasteiger partial charge in [-0.05, 0) is 19.1 Å². The van der Waals surface area contributed by atoms with Gasteiger partial charge in [-0.15, -0.1) is 0 Å². The van der Waals surface area contributed by atoms with Crippen molar-refractivity contribution in [2.45, 2.75) is 6.92 Å². The van der Waals surface area contributed by atoms with E-state index >= 15 is 0 Å². The van der Waals surface area contributed by atoms with Crippen molar-refractivity contribution in [3.05, 3.63) is 35.2 Å². The number of nitrogens with two attached hydrogens (primary N) is 1. The molecule has 16 heavy (non-hydrogen) atoms. The fourth-order valence-corrected chi connectivity index (χ4v) is 1.19. The van der Waals surface area contributed by atoms with E-state index in [1.807, 2.05) is 13.0 Å². The van der Waals surface area contributed by atoms with Crippen molar-refractivity contribution >= 4 is 17.5 Å². The summed E-state index contributed by atoms with van der Waals surface area (Å²) in [6, 6.07) is 3.60. The molecule has 0 bridgehead atoms. The maximum atomic E-state index is 5.85. The Morgan fingerprint density at radius 3 is 2.75 bits per heavy atom. The summed E-state index contributed by atoms with van der Waals surface area (Å²) in [7, 11) is 0. The maximum absolute atomic E-state index is 5.85. The number of ether oxygens (including phenoxy) is 1. The van der Waals surface area contributed by atoms with E-state index in [9.17, 15) is 0 Å². The number of hydrogen-bond acceptors (Lipinski definition) is 5. The zero-order chi connectivity index (χ0) is 11.5. The molecule has 82 valence electrons. The van der Waals surface area contributed by atoms with Crippen molar-refractivity contribution in [1.82, 2.24) is 15.0 Å². The number of pyridine rings is 1. The fourth-order valence-electron chi connectivity index (χ4n) is 1.06. The first-order chi connectivity index (χ1) is 7.65. The summed E-state index contributed by atoms with van der Waals surface area (Å²) in [5, 5.41) is 0.301. The number of hydrogen-bond donors (Lipinski definition) is 1. The SMILES string of the molecule is Cc1ccc(Oc2nc(N)ncc2Cl)cn1. The number of rotatable bonds is 2. The van der Waals surface area contributed by atoms with Gasteiger partial charge in [0, 0.05) is 5.69 Å². The maximum Gasteiger partial charge on any atom is 0.243 e. The molecule has 6 heteroatoms. The molecule has 0 saturated carbocycles. The normalized spacial score (nSPS) is 10.1. The van der Waals surface area contributed by atoms with Crippen LogP contribution < -0.4 is 10.5 Å². The predicted molar refractivity (Wildman–Crippen MR) is 60.5 cm³/mol. The van der Waals surface area contributed by atoms with Gasteiger partial charge in [-0.3, -0.25) is 4.98 Å². The minimum Gasteiger partial charge on any atom is -0.436 e. The van der Waals surface area contributed by atoms with Crippen molar-refractivity contribution in [1.29, 1.82) is 0 Å². The highest BCUT2D eigenvalue weighted by Crippen LogP contribution is 2.26. The molecule has 0 radical (unpaired) electrons. The molecule has 0 saturated heterocycles. The van der Waals surface area contributed by atoms with Crippen LogP contribution in [0.15, 0.2) is 24.5 Å². The molecule has 0 spiro atoms. The van der Waals surface area contributed by atoms with Crippen LogP contribution in [0.3, 0.4) is 0 Å². The van der Waals surface area contributed by atoms with Crippen LogP contribution in [0.4, 0.5) is 5.95 Å². The second-order valence-corrected chi connectivity index (χ2v) is 3.53. The highest BCUT2D eigenvalue weighted by Gasteiger charge is 2.06. The van der Waals surface area contributed by atoms with E-state index in [-0.39, 0.29) is 11.8 Å². The van der Waals surface area contributed by atoms with Gasteiger partial charge in [0.15, 0.2) is 0 Å². The van der Waals surface area contributed by atoms with Gasteiger partial charge in [0.25, 0.3) is 0 Å². The average Bonchev–Trinajstić information content (AvgIpc) is 2.27. The zero-order valence-corrected chi connectivity index (χ0v) is 9.27. The molecular formula is C10H9ClN4O. The first-order valence-corrected chi connectivity index (χ1v) is 4.91. The predicted octanol–water partition coefficient (Wildman–Crippen LogP) is 2.21. The van der Waals surface area contributed by atoms with Gasteiger partial charge in [0.05, 0.1) is 12.4 Å². The van der Waals surface area contributed by atoms with Gasteiger partial charge >= 0.3 is 0 Å². The van der Waals surface area contributed by atoms with Gasteiger partial charge in [-0.1, -0.05) is 11.6 Å². The minimum atomic E-state index is 0.111. The second-order valence-electron chi connectivity index (χ2n) is 3.12. The Morgan fingerprint density at radius 2 is 2.06 bits per heavy atom. The van der Waals surface area contributed by atoms with Gasteiger partial charge in [-0.25, -0.2) is 4.98 Å². The number of nitrogens with zero attached hydrogens (tertiary/aromatic N) is 3. The lowest BCUT2D eigenvalue weighted by Gasteiger charge is -2.05. The molecule has 2 rings (SSSR count). The third-order valence-electron chi connectivity index (χ3n) is 1.83. The van der Waals surface area contributed by atoms with Crippen molar-refractivity contribution in [3.8, 4) is 11.6 Å². The third-order valence-corrected chi connectivity index (χ3v) is 2.09. The van der Waals surface area contributed by atoms with Crippen molar-refractivity contribution in [2.24, 2.45) is 0 Å². The second kappa shape index (κ2) is 4.32. The summed E-state index contributed by atoms with van der Waals surface area (Å²) in [6.07, 6.45) is 2.98. The Hall–Kier alpha value is -1.88. The smallest absolute Gasteiger partial charge is 0.243 e. The van der Waals surface area contributed by atoms with E-state index in [1.54, 1.807) is 12.3 Å². The topological polar surface area (TPSA) is 73.9 Å². The Morgan fingerprint density at radius 1 is 1.25 bits per heavy atom. The molecule has 2 N–H and O–H groups in total. The molecule has 0 unspecified atom stereocenters. The van der Waals surface area contributed by atoms with E-state index < -0.39 is 0 Å². The molecule has 0 fully saturated rings. The van der Waals surface area contributed by atoms with Gasteiger partial charge < -0.3 is 10.5 Å². The van der Waals surface area contributed by atoms with Crippen LogP contribution in [0, 0.1) is 6.92 Å². The van der Waals surface area contributed by atoms with Crippen LogP contribution in [0.25, 0.3) is 0 Å². The summed E-state index contributed by atoms with van der Waals surface area (Å²) in [4.78, 5) is 11.7. The Bertz CT molecular complexity index is 501. The number of aromatic nitrogens is 3. The van der Waals surface area contributed by atoms with Crippen LogP contribution in [0.5, 0.6) is 11.6 Å². The summed E-state index contributed by atoms with van der Waals surface area (Å²) < 4.78 is 5.42. The number of anilines is 1. The lowest BCUT2D eigenvalue weighted by molar-refractivity contribution is 0.460. The van der Waals surface area contributed by atoms with Gasteiger partial charge in [-0.2, -0.15) is 4.98 Å². The molecule has 2 aromatic rings. The standard InChI is InChI=1S/C10H9ClN4O/c1-6-2-3-7(4-13-6)16-9-8(11)5-14-10(12)15-9/h2-5H,1H3,(H2,12,14,15). The first kappa shape index (κ1) is 10.6.